The highest BCUT2D eigenvalue weighted by molar-refractivity contribution is 5.82. The number of aromatic nitrogens is 5. The lowest BCUT2D eigenvalue weighted by atomic mass is 10.2. The van der Waals surface area contributed by atoms with Gasteiger partial charge in [0.1, 0.15) is 5.82 Å². The molecule has 142 valence electrons. The Morgan fingerprint density at radius 1 is 1.04 bits per heavy atom. The van der Waals surface area contributed by atoms with Gasteiger partial charge in [-0.3, -0.25) is 9.55 Å². The van der Waals surface area contributed by atoms with Crippen molar-refractivity contribution >= 4 is 17.0 Å². The van der Waals surface area contributed by atoms with Crippen LogP contribution in [0, 0.1) is 6.92 Å². The molecule has 3 heterocycles. The number of fused-ring (bicyclic) bond motifs is 1. The number of rotatable bonds is 7. The molecule has 28 heavy (non-hydrogen) atoms. The van der Waals surface area contributed by atoms with E-state index in [0.717, 1.165) is 28.1 Å². The number of hydrogen-bond acceptors (Lipinski definition) is 6. The van der Waals surface area contributed by atoms with Crippen LogP contribution >= 0.6 is 0 Å². The smallest absolute Gasteiger partial charge is 0.222 e. The fourth-order valence-corrected chi connectivity index (χ4v) is 2.99. The van der Waals surface area contributed by atoms with Crippen LogP contribution in [0.1, 0.15) is 12.5 Å². The molecule has 0 aliphatic heterocycles. The van der Waals surface area contributed by atoms with Crippen LogP contribution < -0.4 is 5.32 Å². The highest BCUT2D eigenvalue weighted by Gasteiger charge is 2.15. The molecule has 0 saturated carbocycles. The molecule has 0 bridgehead atoms. The number of hydrogen-bond donors (Lipinski definition) is 1. The van der Waals surface area contributed by atoms with E-state index in [0.29, 0.717) is 25.7 Å². The summed E-state index contributed by atoms with van der Waals surface area (Å²) in [6.45, 7) is 6.04. The number of nitrogens with one attached hydrogen (secondary N) is 1. The highest BCUT2D eigenvalue weighted by atomic mass is 16.5. The van der Waals surface area contributed by atoms with E-state index < -0.39 is 0 Å². The van der Waals surface area contributed by atoms with Crippen molar-refractivity contribution in [3.8, 4) is 17.1 Å². The summed E-state index contributed by atoms with van der Waals surface area (Å²) < 4.78 is 7.40. The summed E-state index contributed by atoms with van der Waals surface area (Å²) in [5.74, 6) is 1.36. The zero-order valence-corrected chi connectivity index (χ0v) is 16.0. The van der Waals surface area contributed by atoms with Crippen LogP contribution in [-0.4, -0.2) is 44.3 Å². The molecule has 1 aromatic carbocycles. The van der Waals surface area contributed by atoms with Crippen molar-refractivity contribution in [1.82, 2.24) is 24.5 Å². The van der Waals surface area contributed by atoms with Gasteiger partial charge in [0.25, 0.3) is 0 Å². The molecule has 0 atom stereocenters. The van der Waals surface area contributed by atoms with E-state index in [4.69, 9.17) is 9.72 Å². The van der Waals surface area contributed by atoms with E-state index in [2.05, 4.69) is 56.0 Å². The fraction of sp³-hybridized carbons (Fsp3) is 0.238. The number of imidazole rings is 1. The molecule has 4 rings (SSSR count). The summed E-state index contributed by atoms with van der Waals surface area (Å²) >= 11 is 0. The molecule has 0 aliphatic rings. The Morgan fingerprint density at radius 2 is 1.82 bits per heavy atom. The van der Waals surface area contributed by atoms with Crippen LogP contribution in [0.15, 0.2) is 55.1 Å². The number of anilines is 1. The zero-order chi connectivity index (χ0) is 19.3. The molecular formula is C21H22N6O. The minimum Gasteiger partial charge on any atom is -0.380 e. The van der Waals surface area contributed by atoms with Crippen LogP contribution in [0.3, 0.4) is 0 Å². The van der Waals surface area contributed by atoms with Crippen molar-refractivity contribution in [3.05, 3.63) is 60.7 Å². The third-order valence-electron chi connectivity index (χ3n) is 4.39. The minimum atomic E-state index is 0.572. The molecule has 7 heteroatoms. The predicted octanol–water partition coefficient (Wildman–Crippen LogP) is 3.63. The van der Waals surface area contributed by atoms with Crippen molar-refractivity contribution in [2.24, 2.45) is 0 Å². The van der Waals surface area contributed by atoms with E-state index in [9.17, 15) is 0 Å². The fourth-order valence-electron chi connectivity index (χ4n) is 2.99. The average molecular weight is 374 g/mol. The van der Waals surface area contributed by atoms with Crippen molar-refractivity contribution in [2.45, 2.75) is 13.8 Å². The van der Waals surface area contributed by atoms with E-state index in [1.165, 1.54) is 5.56 Å². The molecule has 0 fully saturated rings. The van der Waals surface area contributed by atoms with E-state index in [1.807, 2.05) is 19.2 Å². The molecule has 7 nitrogen and oxygen atoms in total. The van der Waals surface area contributed by atoms with Gasteiger partial charge in [-0.1, -0.05) is 17.7 Å². The molecule has 0 saturated heterocycles. The van der Waals surface area contributed by atoms with E-state index >= 15 is 0 Å². The van der Waals surface area contributed by atoms with Gasteiger partial charge in [-0.25, -0.2) is 15.0 Å². The second-order valence-corrected chi connectivity index (χ2v) is 6.39. The van der Waals surface area contributed by atoms with Crippen LogP contribution in [0.2, 0.25) is 0 Å². The summed E-state index contributed by atoms with van der Waals surface area (Å²) in [6.07, 6.45) is 7.15. The second-order valence-electron chi connectivity index (χ2n) is 6.39. The standard InChI is InChI=1S/C21H22N6O/c1-3-28-11-10-23-21-24-12-16(13-25-21)20-26-18-8-9-22-14-19(18)27(20)17-6-4-15(2)5-7-17/h4-9,12-14H,3,10-11H2,1-2H3,(H,23,24,25). The van der Waals surface area contributed by atoms with Gasteiger partial charge < -0.3 is 10.1 Å². The Hall–Kier alpha value is -3.32. The number of benzene rings is 1. The van der Waals surface area contributed by atoms with Gasteiger partial charge in [-0.2, -0.15) is 0 Å². The molecule has 0 aliphatic carbocycles. The van der Waals surface area contributed by atoms with Gasteiger partial charge in [0, 0.05) is 37.4 Å². The molecule has 0 radical (unpaired) electrons. The Bertz CT molecular complexity index is 1060. The largest absolute Gasteiger partial charge is 0.380 e. The molecule has 3 aromatic heterocycles. The van der Waals surface area contributed by atoms with E-state index in [1.54, 1.807) is 18.6 Å². The molecular weight excluding hydrogens is 352 g/mol. The van der Waals surface area contributed by atoms with Gasteiger partial charge in [0.2, 0.25) is 5.95 Å². The Kier molecular flexibility index (Phi) is 5.25. The van der Waals surface area contributed by atoms with Crippen LogP contribution in [-0.2, 0) is 4.74 Å². The van der Waals surface area contributed by atoms with Gasteiger partial charge >= 0.3 is 0 Å². The maximum absolute atomic E-state index is 5.32. The molecule has 4 aromatic rings. The first-order valence-corrected chi connectivity index (χ1v) is 9.30. The van der Waals surface area contributed by atoms with Gasteiger partial charge in [-0.15, -0.1) is 0 Å². The quantitative estimate of drug-likeness (QED) is 0.498. The molecule has 1 N–H and O–H groups in total. The highest BCUT2D eigenvalue weighted by Crippen LogP contribution is 2.27. The van der Waals surface area contributed by atoms with Crippen molar-refractivity contribution in [1.29, 1.82) is 0 Å². The third kappa shape index (κ3) is 3.70. The first kappa shape index (κ1) is 18.1. The third-order valence-corrected chi connectivity index (χ3v) is 4.39. The van der Waals surface area contributed by atoms with Crippen LogP contribution in [0.25, 0.3) is 28.1 Å². The topological polar surface area (TPSA) is 77.8 Å². The molecule has 0 spiro atoms. The maximum Gasteiger partial charge on any atom is 0.222 e. The second kappa shape index (κ2) is 8.14. The van der Waals surface area contributed by atoms with Crippen molar-refractivity contribution in [2.75, 3.05) is 25.1 Å². The van der Waals surface area contributed by atoms with E-state index in [-0.39, 0.29) is 0 Å². The zero-order valence-electron chi connectivity index (χ0n) is 16.0. The maximum atomic E-state index is 5.32. The van der Waals surface area contributed by atoms with Gasteiger partial charge in [0.05, 0.1) is 29.4 Å². The van der Waals surface area contributed by atoms with Gasteiger partial charge in [-0.05, 0) is 32.0 Å². The first-order valence-electron chi connectivity index (χ1n) is 9.30. The van der Waals surface area contributed by atoms with Crippen LogP contribution in [0.4, 0.5) is 5.95 Å². The Labute approximate surface area is 163 Å². The summed E-state index contributed by atoms with van der Waals surface area (Å²) in [6, 6.07) is 10.2. The Balaban J connectivity index is 1.70. The van der Waals surface area contributed by atoms with Crippen molar-refractivity contribution < 1.29 is 4.74 Å². The van der Waals surface area contributed by atoms with Crippen molar-refractivity contribution in [3.63, 3.8) is 0 Å². The monoisotopic (exact) mass is 374 g/mol. The SMILES string of the molecule is CCOCCNc1ncc(-c2nc3ccncc3n2-c2ccc(C)cc2)cn1. The normalized spacial score (nSPS) is 11.1. The summed E-state index contributed by atoms with van der Waals surface area (Å²) in [5, 5.41) is 3.15. The Morgan fingerprint density at radius 3 is 2.57 bits per heavy atom. The number of ether oxygens (including phenoxy) is 1. The van der Waals surface area contributed by atoms with Crippen LogP contribution in [0.5, 0.6) is 0 Å². The lowest BCUT2D eigenvalue weighted by Crippen LogP contribution is -2.11. The lowest BCUT2D eigenvalue weighted by molar-refractivity contribution is 0.158. The number of pyridine rings is 1. The number of nitrogens with zero attached hydrogens (tertiary/aromatic N) is 5. The molecule has 0 unspecified atom stereocenters. The minimum absolute atomic E-state index is 0.572. The summed E-state index contributed by atoms with van der Waals surface area (Å²) in [4.78, 5) is 17.9. The predicted molar refractivity (Wildman–Crippen MR) is 110 cm³/mol. The summed E-state index contributed by atoms with van der Waals surface area (Å²) in [7, 11) is 0. The average Bonchev–Trinajstić information content (AvgIpc) is 3.12. The summed E-state index contributed by atoms with van der Waals surface area (Å²) in [5.41, 5.74) is 4.89. The number of aryl methyl sites for hydroxylation is 1. The molecule has 0 amide bonds. The first-order chi connectivity index (χ1) is 13.8. The lowest BCUT2D eigenvalue weighted by Gasteiger charge is -2.10. The van der Waals surface area contributed by atoms with Gasteiger partial charge in [0.15, 0.2) is 0 Å².